The van der Waals surface area contributed by atoms with E-state index in [2.05, 4.69) is 34.8 Å². The highest BCUT2D eigenvalue weighted by Gasteiger charge is 2.22. The standard InChI is InChI=1S/C26H28N2O2/c29-25(20-11-5-2-6-12-20)15-16-26(30)28-27-18-24-22-14-8-7-13-21(22)17-23(24)19-9-3-1-4-10-19/h1,3-4,7-10,13-14,18,20H,2,5-6,11-12,15-17H2,(H,28,30)/b27-18+. The van der Waals surface area contributed by atoms with E-state index in [0.29, 0.717) is 6.42 Å². The summed E-state index contributed by atoms with van der Waals surface area (Å²) in [5.41, 5.74) is 8.45. The summed E-state index contributed by atoms with van der Waals surface area (Å²) in [7, 11) is 0. The van der Waals surface area contributed by atoms with Gasteiger partial charge in [0, 0.05) is 24.3 Å². The minimum absolute atomic E-state index is 0.156. The fourth-order valence-corrected chi connectivity index (χ4v) is 4.52. The number of rotatable bonds is 7. The van der Waals surface area contributed by atoms with E-state index in [9.17, 15) is 9.59 Å². The van der Waals surface area contributed by atoms with Crippen molar-refractivity contribution in [2.24, 2.45) is 11.0 Å². The second-order valence-corrected chi connectivity index (χ2v) is 8.19. The summed E-state index contributed by atoms with van der Waals surface area (Å²) in [6.45, 7) is 0. The molecule has 0 heterocycles. The van der Waals surface area contributed by atoms with E-state index in [0.717, 1.165) is 43.2 Å². The molecule has 1 saturated carbocycles. The Morgan fingerprint density at radius 3 is 2.47 bits per heavy atom. The number of carbonyl (C=O) groups is 2. The SMILES string of the molecule is O=C(CCC(=O)C1CCCCC1)N/N=C/C1=C(c2ccccc2)Cc2ccccc21. The van der Waals surface area contributed by atoms with Gasteiger partial charge >= 0.3 is 0 Å². The van der Waals surface area contributed by atoms with E-state index in [1.54, 1.807) is 6.21 Å². The van der Waals surface area contributed by atoms with Gasteiger partial charge in [0.25, 0.3) is 0 Å². The average Bonchev–Trinajstić information content (AvgIpc) is 3.17. The maximum absolute atomic E-state index is 12.3. The summed E-state index contributed by atoms with van der Waals surface area (Å²) in [6, 6.07) is 18.6. The molecule has 2 aromatic carbocycles. The van der Waals surface area contributed by atoms with Crippen molar-refractivity contribution in [1.29, 1.82) is 0 Å². The molecule has 2 aliphatic rings. The topological polar surface area (TPSA) is 58.5 Å². The number of Topliss-reactive ketones (excluding diaryl/α,β-unsaturated/α-hetero) is 1. The number of nitrogens with zero attached hydrogens (tertiary/aromatic N) is 1. The van der Waals surface area contributed by atoms with Gasteiger partial charge in [0.05, 0.1) is 6.21 Å². The molecule has 154 valence electrons. The average molecular weight is 401 g/mol. The predicted molar refractivity (Wildman–Crippen MR) is 121 cm³/mol. The fourth-order valence-electron chi connectivity index (χ4n) is 4.52. The molecule has 0 unspecified atom stereocenters. The smallest absolute Gasteiger partial charge is 0.240 e. The fraction of sp³-hybridized carbons (Fsp3) is 0.346. The van der Waals surface area contributed by atoms with Crippen LogP contribution < -0.4 is 5.43 Å². The number of allylic oxidation sites excluding steroid dienone is 2. The van der Waals surface area contributed by atoms with E-state index in [1.165, 1.54) is 23.1 Å². The summed E-state index contributed by atoms with van der Waals surface area (Å²) in [4.78, 5) is 24.5. The van der Waals surface area contributed by atoms with Gasteiger partial charge in [-0.05, 0) is 41.5 Å². The second kappa shape index (κ2) is 9.66. The molecule has 30 heavy (non-hydrogen) atoms. The zero-order valence-corrected chi connectivity index (χ0v) is 17.3. The van der Waals surface area contributed by atoms with Crippen LogP contribution in [0.5, 0.6) is 0 Å². The number of hydrogen-bond acceptors (Lipinski definition) is 3. The van der Waals surface area contributed by atoms with Crippen LogP contribution in [0.2, 0.25) is 0 Å². The molecule has 0 radical (unpaired) electrons. The first-order chi connectivity index (χ1) is 14.7. The Bertz CT molecular complexity index is 970. The first kappa shape index (κ1) is 20.3. The number of hydrogen-bond donors (Lipinski definition) is 1. The monoisotopic (exact) mass is 400 g/mol. The van der Waals surface area contributed by atoms with Crippen molar-refractivity contribution in [3.63, 3.8) is 0 Å². The highest BCUT2D eigenvalue weighted by Crippen LogP contribution is 2.37. The van der Waals surface area contributed by atoms with E-state index in [-0.39, 0.29) is 24.0 Å². The molecule has 4 nitrogen and oxygen atoms in total. The lowest BCUT2D eigenvalue weighted by Crippen LogP contribution is -2.22. The minimum Gasteiger partial charge on any atom is -0.299 e. The van der Waals surface area contributed by atoms with Gasteiger partial charge in [0.15, 0.2) is 0 Å². The summed E-state index contributed by atoms with van der Waals surface area (Å²) in [5.74, 6) is 0.180. The number of fused-ring (bicyclic) bond motifs is 1. The molecule has 4 heteroatoms. The Balaban J connectivity index is 1.40. The third-order valence-electron chi connectivity index (χ3n) is 6.16. The number of amides is 1. The van der Waals surface area contributed by atoms with Gasteiger partial charge in [0.1, 0.15) is 5.78 Å². The van der Waals surface area contributed by atoms with Crippen LogP contribution in [0.1, 0.15) is 61.6 Å². The third-order valence-corrected chi connectivity index (χ3v) is 6.16. The van der Waals surface area contributed by atoms with Crippen molar-refractivity contribution in [2.45, 2.75) is 51.4 Å². The molecule has 1 amide bonds. The first-order valence-electron chi connectivity index (χ1n) is 10.9. The Morgan fingerprint density at radius 2 is 1.67 bits per heavy atom. The van der Waals surface area contributed by atoms with Crippen LogP contribution in [0, 0.1) is 5.92 Å². The second-order valence-electron chi connectivity index (χ2n) is 8.19. The molecule has 0 bridgehead atoms. The number of nitrogens with one attached hydrogen (secondary N) is 1. The number of hydrazone groups is 1. The first-order valence-corrected chi connectivity index (χ1v) is 10.9. The number of benzene rings is 2. The molecule has 4 rings (SSSR count). The van der Waals surface area contributed by atoms with Crippen LogP contribution in [0.15, 0.2) is 59.7 Å². The largest absolute Gasteiger partial charge is 0.299 e. The zero-order valence-electron chi connectivity index (χ0n) is 17.3. The van der Waals surface area contributed by atoms with Crippen LogP contribution in [-0.2, 0) is 16.0 Å². The zero-order chi connectivity index (χ0) is 20.8. The molecule has 2 aliphatic carbocycles. The molecule has 0 atom stereocenters. The van der Waals surface area contributed by atoms with Crippen molar-refractivity contribution in [2.75, 3.05) is 0 Å². The number of ketones is 1. The highest BCUT2D eigenvalue weighted by molar-refractivity contribution is 6.22. The molecule has 1 fully saturated rings. The Hall–Kier alpha value is -3.01. The molecular weight excluding hydrogens is 372 g/mol. The molecule has 0 saturated heterocycles. The van der Waals surface area contributed by atoms with Gasteiger partial charge in [-0.15, -0.1) is 0 Å². The van der Waals surface area contributed by atoms with Gasteiger partial charge in [-0.3, -0.25) is 9.59 Å². The van der Waals surface area contributed by atoms with Crippen LogP contribution >= 0.6 is 0 Å². The van der Waals surface area contributed by atoms with Gasteiger partial charge < -0.3 is 0 Å². The van der Waals surface area contributed by atoms with Crippen molar-refractivity contribution >= 4 is 29.1 Å². The molecule has 0 aliphatic heterocycles. The summed E-state index contributed by atoms with van der Waals surface area (Å²) in [5, 5.41) is 4.22. The highest BCUT2D eigenvalue weighted by atomic mass is 16.2. The molecule has 0 aromatic heterocycles. The Kier molecular flexibility index (Phi) is 6.53. The van der Waals surface area contributed by atoms with Gasteiger partial charge in [-0.1, -0.05) is 73.9 Å². The lowest BCUT2D eigenvalue weighted by molar-refractivity contribution is -0.127. The number of carbonyl (C=O) groups excluding carboxylic acids is 2. The quantitative estimate of drug-likeness (QED) is 0.514. The van der Waals surface area contributed by atoms with Gasteiger partial charge in [-0.25, -0.2) is 5.43 Å². The van der Waals surface area contributed by atoms with Gasteiger partial charge in [-0.2, -0.15) is 5.10 Å². The maximum atomic E-state index is 12.3. The van der Waals surface area contributed by atoms with Crippen LogP contribution in [0.4, 0.5) is 0 Å². The minimum atomic E-state index is -0.205. The Morgan fingerprint density at radius 1 is 0.933 bits per heavy atom. The third kappa shape index (κ3) is 4.76. The molecule has 1 N–H and O–H groups in total. The summed E-state index contributed by atoms with van der Waals surface area (Å²) in [6.07, 6.45) is 8.56. The van der Waals surface area contributed by atoms with E-state index < -0.39 is 0 Å². The lowest BCUT2D eigenvalue weighted by atomic mass is 9.85. The summed E-state index contributed by atoms with van der Waals surface area (Å²) >= 11 is 0. The van der Waals surface area contributed by atoms with E-state index >= 15 is 0 Å². The predicted octanol–water partition coefficient (Wildman–Crippen LogP) is 5.19. The lowest BCUT2D eigenvalue weighted by Gasteiger charge is -2.19. The van der Waals surface area contributed by atoms with Crippen LogP contribution in [-0.4, -0.2) is 17.9 Å². The van der Waals surface area contributed by atoms with Crippen LogP contribution in [0.3, 0.4) is 0 Å². The molecule has 2 aromatic rings. The maximum Gasteiger partial charge on any atom is 0.240 e. The molecular formula is C26H28N2O2. The summed E-state index contributed by atoms with van der Waals surface area (Å²) < 4.78 is 0. The van der Waals surface area contributed by atoms with Crippen molar-refractivity contribution in [3.05, 3.63) is 71.3 Å². The van der Waals surface area contributed by atoms with Crippen LogP contribution in [0.25, 0.3) is 11.1 Å². The van der Waals surface area contributed by atoms with Crippen molar-refractivity contribution in [1.82, 2.24) is 5.43 Å². The van der Waals surface area contributed by atoms with E-state index in [1.807, 2.05) is 30.3 Å². The van der Waals surface area contributed by atoms with Gasteiger partial charge in [0.2, 0.25) is 5.91 Å². The van der Waals surface area contributed by atoms with Crippen molar-refractivity contribution < 1.29 is 9.59 Å². The molecule has 0 spiro atoms. The Labute approximate surface area is 178 Å². The van der Waals surface area contributed by atoms with Crippen molar-refractivity contribution in [3.8, 4) is 0 Å². The van der Waals surface area contributed by atoms with E-state index in [4.69, 9.17) is 0 Å². The normalized spacial score (nSPS) is 16.7.